The molecule has 0 aromatic heterocycles. The fourth-order valence-electron chi connectivity index (χ4n) is 2.31. The fraction of sp³-hybridized carbons (Fsp3) is 0.533. The minimum Gasteiger partial charge on any atom is -0.494 e. The largest absolute Gasteiger partial charge is 0.494 e. The third-order valence-corrected chi connectivity index (χ3v) is 3.43. The van der Waals surface area contributed by atoms with E-state index in [1.807, 2.05) is 6.92 Å². The topological polar surface area (TPSA) is 41.6 Å². The van der Waals surface area contributed by atoms with Gasteiger partial charge in [-0.2, -0.15) is 13.2 Å². The quantitative estimate of drug-likeness (QED) is 0.820. The number of nitrogens with one attached hydrogen (secondary N) is 1. The monoisotopic (exact) mass is 316 g/mol. The van der Waals surface area contributed by atoms with Gasteiger partial charge < -0.3 is 4.74 Å². The standard InChI is InChI=1S/C15H19F3N2O2/c1-2-3-10-22-12-6-4-11(5-7-12)14(15(16,17)18)20-9-8-13(21)19-20/h4-7,14H,2-3,8-10H2,1H3,(H,19,21)/t14-/m0/s1. The highest BCUT2D eigenvalue weighted by Gasteiger charge is 2.46. The van der Waals surface area contributed by atoms with E-state index >= 15 is 0 Å². The SMILES string of the molecule is CCCCOc1ccc([C@H](N2CCC(=O)N2)C(F)(F)F)cc1. The van der Waals surface area contributed by atoms with Gasteiger partial charge in [0, 0.05) is 13.0 Å². The van der Waals surface area contributed by atoms with Crippen LogP contribution in [-0.2, 0) is 4.79 Å². The predicted molar refractivity (Wildman–Crippen MR) is 75.1 cm³/mol. The molecule has 1 aromatic rings. The normalized spacial score (nSPS) is 17.4. The maximum atomic E-state index is 13.3. The van der Waals surface area contributed by atoms with Crippen molar-refractivity contribution in [1.29, 1.82) is 0 Å². The molecule has 1 N–H and O–H groups in total. The van der Waals surface area contributed by atoms with Crippen molar-refractivity contribution in [3.8, 4) is 5.75 Å². The van der Waals surface area contributed by atoms with E-state index in [-0.39, 0.29) is 18.5 Å². The van der Waals surface area contributed by atoms with Crippen molar-refractivity contribution in [1.82, 2.24) is 10.4 Å². The number of hydrazine groups is 1. The molecule has 0 radical (unpaired) electrons. The van der Waals surface area contributed by atoms with Crippen LogP contribution in [0.15, 0.2) is 24.3 Å². The predicted octanol–water partition coefficient (Wildman–Crippen LogP) is 3.21. The number of amides is 1. The lowest BCUT2D eigenvalue weighted by atomic mass is 10.1. The number of hydrogen-bond donors (Lipinski definition) is 1. The molecule has 1 saturated heterocycles. The van der Waals surface area contributed by atoms with Gasteiger partial charge in [-0.25, -0.2) is 5.01 Å². The first-order chi connectivity index (χ1) is 10.4. The van der Waals surface area contributed by atoms with Gasteiger partial charge >= 0.3 is 6.18 Å². The Hall–Kier alpha value is -1.76. The van der Waals surface area contributed by atoms with Gasteiger partial charge in [0.05, 0.1) is 6.61 Å². The fourth-order valence-corrected chi connectivity index (χ4v) is 2.31. The van der Waals surface area contributed by atoms with E-state index in [4.69, 9.17) is 4.74 Å². The molecule has 1 aliphatic heterocycles. The van der Waals surface area contributed by atoms with Crippen LogP contribution < -0.4 is 10.2 Å². The van der Waals surface area contributed by atoms with Crippen LogP contribution in [0, 0.1) is 0 Å². The summed E-state index contributed by atoms with van der Waals surface area (Å²) in [6, 6.07) is 4.00. The van der Waals surface area contributed by atoms with E-state index in [1.165, 1.54) is 24.3 Å². The number of rotatable bonds is 6. The summed E-state index contributed by atoms with van der Waals surface area (Å²) in [6.45, 7) is 2.61. The lowest BCUT2D eigenvalue weighted by Gasteiger charge is -2.29. The molecule has 4 nitrogen and oxygen atoms in total. The first kappa shape index (κ1) is 16.6. The zero-order valence-corrected chi connectivity index (χ0v) is 12.3. The molecule has 1 aromatic carbocycles. The Balaban J connectivity index is 2.12. The van der Waals surface area contributed by atoms with Crippen LogP contribution in [0.4, 0.5) is 13.2 Å². The third-order valence-electron chi connectivity index (χ3n) is 3.43. The molecule has 22 heavy (non-hydrogen) atoms. The van der Waals surface area contributed by atoms with Gasteiger partial charge in [-0.15, -0.1) is 0 Å². The van der Waals surface area contributed by atoms with Crippen molar-refractivity contribution < 1.29 is 22.7 Å². The Morgan fingerprint density at radius 3 is 2.50 bits per heavy atom. The number of alkyl halides is 3. The molecule has 0 unspecified atom stereocenters. The minimum atomic E-state index is -4.47. The zero-order chi connectivity index (χ0) is 16.2. The van der Waals surface area contributed by atoms with Crippen molar-refractivity contribution in [3.05, 3.63) is 29.8 Å². The summed E-state index contributed by atoms with van der Waals surface area (Å²) in [5, 5.41) is 0.940. The van der Waals surface area contributed by atoms with Gasteiger partial charge in [-0.1, -0.05) is 25.5 Å². The van der Waals surface area contributed by atoms with Crippen LogP contribution in [-0.4, -0.2) is 30.2 Å². The summed E-state index contributed by atoms with van der Waals surface area (Å²) >= 11 is 0. The summed E-state index contributed by atoms with van der Waals surface area (Å²) in [6.07, 6.45) is -2.51. The minimum absolute atomic E-state index is 0.0394. The first-order valence-electron chi connectivity index (χ1n) is 7.27. The van der Waals surface area contributed by atoms with Gasteiger partial charge in [-0.05, 0) is 24.1 Å². The van der Waals surface area contributed by atoms with E-state index in [2.05, 4.69) is 5.43 Å². The summed E-state index contributed by atoms with van der Waals surface area (Å²) in [7, 11) is 0. The lowest BCUT2D eigenvalue weighted by molar-refractivity contribution is -0.191. The second-order valence-corrected chi connectivity index (χ2v) is 5.19. The van der Waals surface area contributed by atoms with Crippen molar-refractivity contribution in [3.63, 3.8) is 0 Å². The van der Waals surface area contributed by atoms with Crippen LogP contribution >= 0.6 is 0 Å². The Bertz CT molecular complexity index is 503. The molecule has 122 valence electrons. The Morgan fingerprint density at radius 1 is 1.32 bits per heavy atom. The molecule has 2 rings (SSSR count). The Kier molecular flexibility index (Phi) is 5.28. The molecule has 7 heteroatoms. The van der Waals surface area contributed by atoms with E-state index in [0.717, 1.165) is 17.9 Å². The summed E-state index contributed by atoms with van der Waals surface area (Å²) in [5.41, 5.74) is 2.34. The molecule has 1 amide bonds. The van der Waals surface area contributed by atoms with Crippen molar-refractivity contribution >= 4 is 5.91 Å². The molecule has 0 bridgehead atoms. The highest BCUT2D eigenvalue weighted by molar-refractivity contribution is 5.77. The highest BCUT2D eigenvalue weighted by atomic mass is 19.4. The van der Waals surface area contributed by atoms with Crippen molar-refractivity contribution in [2.45, 2.75) is 38.4 Å². The maximum absolute atomic E-state index is 13.3. The van der Waals surface area contributed by atoms with Crippen molar-refractivity contribution in [2.24, 2.45) is 0 Å². The molecular formula is C15H19F3N2O2. The molecule has 1 aliphatic rings. The Labute approximate surface area is 127 Å². The number of nitrogens with zero attached hydrogens (tertiary/aromatic N) is 1. The summed E-state index contributed by atoms with van der Waals surface area (Å²) in [4.78, 5) is 11.2. The number of carbonyl (C=O) groups is 1. The average Bonchev–Trinajstić information content (AvgIpc) is 2.86. The molecule has 1 fully saturated rings. The van der Waals surface area contributed by atoms with E-state index < -0.39 is 18.1 Å². The number of unbranched alkanes of at least 4 members (excludes halogenated alkanes) is 1. The van der Waals surface area contributed by atoms with E-state index in [1.54, 1.807) is 0 Å². The number of halogens is 3. The van der Waals surface area contributed by atoms with Crippen molar-refractivity contribution in [2.75, 3.05) is 13.2 Å². The van der Waals surface area contributed by atoms with Crippen LogP contribution in [0.2, 0.25) is 0 Å². The number of hydrogen-bond acceptors (Lipinski definition) is 3. The second-order valence-electron chi connectivity index (χ2n) is 5.19. The van der Waals surface area contributed by atoms with Gasteiger partial charge in [-0.3, -0.25) is 10.2 Å². The molecule has 0 aliphatic carbocycles. The van der Waals surface area contributed by atoms with Gasteiger partial charge in [0.1, 0.15) is 11.8 Å². The van der Waals surface area contributed by atoms with E-state index in [0.29, 0.717) is 12.4 Å². The van der Waals surface area contributed by atoms with Gasteiger partial charge in [0.15, 0.2) is 0 Å². The molecule has 0 saturated carbocycles. The molecule has 0 spiro atoms. The molecular weight excluding hydrogens is 297 g/mol. The Morgan fingerprint density at radius 2 is 2.00 bits per heavy atom. The first-order valence-corrected chi connectivity index (χ1v) is 7.27. The number of carbonyl (C=O) groups excluding carboxylic acids is 1. The average molecular weight is 316 g/mol. The number of ether oxygens (including phenoxy) is 1. The van der Waals surface area contributed by atoms with Gasteiger partial charge in [0.25, 0.3) is 0 Å². The highest BCUT2D eigenvalue weighted by Crippen LogP contribution is 2.38. The maximum Gasteiger partial charge on any atom is 0.409 e. The zero-order valence-electron chi connectivity index (χ0n) is 12.3. The van der Waals surface area contributed by atoms with Crippen LogP contribution in [0.25, 0.3) is 0 Å². The van der Waals surface area contributed by atoms with E-state index in [9.17, 15) is 18.0 Å². The third kappa shape index (κ3) is 4.13. The lowest BCUT2D eigenvalue weighted by Crippen LogP contribution is -2.43. The smallest absolute Gasteiger partial charge is 0.409 e. The molecule has 1 atom stereocenters. The van der Waals surface area contributed by atoms with Gasteiger partial charge in [0.2, 0.25) is 5.91 Å². The second kappa shape index (κ2) is 7.00. The van der Waals surface area contributed by atoms with Crippen LogP contribution in [0.1, 0.15) is 37.8 Å². The molecule has 1 heterocycles. The number of benzene rings is 1. The summed E-state index contributed by atoms with van der Waals surface area (Å²) in [5.74, 6) is 0.150. The van der Waals surface area contributed by atoms with Crippen LogP contribution in [0.5, 0.6) is 5.75 Å². The summed E-state index contributed by atoms with van der Waals surface area (Å²) < 4.78 is 45.4. The van der Waals surface area contributed by atoms with Crippen LogP contribution in [0.3, 0.4) is 0 Å².